The van der Waals surface area contributed by atoms with Gasteiger partial charge < -0.3 is 19.6 Å². The third kappa shape index (κ3) is 4.50. The molecule has 0 saturated carbocycles. The van der Waals surface area contributed by atoms with Crippen molar-refractivity contribution >= 4 is 28.6 Å². The van der Waals surface area contributed by atoms with E-state index in [0.29, 0.717) is 39.0 Å². The van der Waals surface area contributed by atoms with E-state index in [2.05, 4.69) is 25.5 Å². The molecule has 2 aromatic heterocycles. The fourth-order valence-corrected chi connectivity index (χ4v) is 4.01. The Morgan fingerprint density at radius 1 is 1.19 bits per heavy atom. The molecule has 2 heterocycles. The van der Waals surface area contributed by atoms with Gasteiger partial charge in [-0.25, -0.2) is 4.98 Å². The highest BCUT2D eigenvalue weighted by atomic mass is 32.2. The van der Waals surface area contributed by atoms with E-state index in [1.165, 1.54) is 11.8 Å². The summed E-state index contributed by atoms with van der Waals surface area (Å²) in [5.41, 5.74) is 1.01. The number of rotatable bonds is 7. The molecule has 1 atom stereocenters. The number of H-pyrrole nitrogens is 1. The van der Waals surface area contributed by atoms with Crippen LogP contribution in [0.2, 0.25) is 0 Å². The lowest BCUT2D eigenvalue weighted by atomic mass is 10.2. The van der Waals surface area contributed by atoms with Gasteiger partial charge in [0, 0.05) is 12.6 Å². The van der Waals surface area contributed by atoms with Crippen LogP contribution in [0.15, 0.2) is 58.5 Å². The van der Waals surface area contributed by atoms with Crippen LogP contribution >= 0.6 is 11.8 Å². The number of nitrogens with zero attached hydrogens (tertiary/aromatic N) is 4. The van der Waals surface area contributed by atoms with Crippen molar-refractivity contribution in [2.45, 2.75) is 23.9 Å². The van der Waals surface area contributed by atoms with Gasteiger partial charge in [0.1, 0.15) is 11.6 Å². The average Bonchev–Trinajstić information content (AvgIpc) is 3.16. The number of aromatic amines is 1. The van der Waals surface area contributed by atoms with Gasteiger partial charge in [-0.15, -0.1) is 10.2 Å². The molecule has 0 aliphatic carbocycles. The Balaban J connectivity index is 1.43. The van der Waals surface area contributed by atoms with Crippen molar-refractivity contribution in [2.75, 3.05) is 7.11 Å². The molecule has 0 bridgehead atoms. The summed E-state index contributed by atoms with van der Waals surface area (Å²) in [7, 11) is 3.41. The lowest BCUT2D eigenvalue weighted by Gasteiger charge is -2.11. The number of fused-ring (bicyclic) bond motifs is 1. The largest absolute Gasteiger partial charge is 0.497 e. The van der Waals surface area contributed by atoms with E-state index in [1.807, 2.05) is 36.7 Å². The second-order valence-electron chi connectivity index (χ2n) is 7.10. The van der Waals surface area contributed by atoms with Crippen LogP contribution in [0.5, 0.6) is 5.75 Å². The second kappa shape index (κ2) is 9.23. The second-order valence-corrected chi connectivity index (χ2v) is 8.41. The summed E-state index contributed by atoms with van der Waals surface area (Å²) in [4.78, 5) is 32.2. The number of carbonyl (C=O) groups is 1. The molecule has 0 fully saturated rings. The Hall–Kier alpha value is -3.66. The minimum Gasteiger partial charge on any atom is -0.497 e. The van der Waals surface area contributed by atoms with Crippen molar-refractivity contribution < 1.29 is 9.53 Å². The molecule has 32 heavy (non-hydrogen) atoms. The van der Waals surface area contributed by atoms with Crippen molar-refractivity contribution in [3.63, 3.8) is 0 Å². The maximum atomic E-state index is 12.4. The number of thioether (sulfide) groups is 1. The number of carbonyl (C=O) groups excluding carboxylic acids is 1. The molecular weight excluding hydrogens is 428 g/mol. The minimum absolute atomic E-state index is 0.156. The number of hydrogen-bond donors (Lipinski definition) is 2. The topological polar surface area (TPSA) is 115 Å². The summed E-state index contributed by atoms with van der Waals surface area (Å²) in [6.07, 6.45) is 0. The van der Waals surface area contributed by atoms with Crippen LogP contribution in [0, 0.1) is 0 Å². The summed E-state index contributed by atoms with van der Waals surface area (Å²) >= 11 is 1.43. The molecular formula is C22H22N6O3S. The quantitative estimate of drug-likeness (QED) is 0.416. The van der Waals surface area contributed by atoms with Gasteiger partial charge in [0.2, 0.25) is 0 Å². The third-order valence-electron chi connectivity index (χ3n) is 4.98. The number of para-hydroxylation sites is 1. The Morgan fingerprint density at radius 2 is 1.94 bits per heavy atom. The molecule has 9 nitrogen and oxygen atoms in total. The van der Waals surface area contributed by atoms with Crippen molar-refractivity contribution in [1.29, 1.82) is 0 Å². The van der Waals surface area contributed by atoms with Gasteiger partial charge in [0.25, 0.3) is 11.5 Å². The van der Waals surface area contributed by atoms with Crippen molar-refractivity contribution in [3.8, 4) is 5.75 Å². The first-order chi connectivity index (χ1) is 15.5. The lowest BCUT2D eigenvalue weighted by molar-refractivity contribution is 0.0949. The standard InChI is InChI=1S/C22H22N6O3S/c1-13(19-24-17-7-5-4-6-16(17)21(30)25-19)32-22-27-26-18(28(22)2)12-23-20(29)14-8-10-15(31-3)11-9-14/h4-11,13H,12H2,1-3H3,(H,23,29)(H,24,25,30)/t13-/m0/s1. The van der Waals surface area contributed by atoms with E-state index in [1.54, 1.807) is 37.4 Å². The molecule has 0 unspecified atom stereocenters. The van der Waals surface area contributed by atoms with Crippen LogP contribution in [0.3, 0.4) is 0 Å². The normalized spacial score (nSPS) is 12.0. The highest BCUT2D eigenvalue weighted by Crippen LogP contribution is 2.31. The Morgan fingerprint density at radius 3 is 2.69 bits per heavy atom. The number of benzene rings is 2. The van der Waals surface area contributed by atoms with Crippen LogP contribution in [-0.4, -0.2) is 37.7 Å². The summed E-state index contributed by atoms with van der Waals surface area (Å²) in [6, 6.07) is 14.1. The maximum absolute atomic E-state index is 12.4. The number of methoxy groups -OCH3 is 1. The first-order valence-corrected chi connectivity index (χ1v) is 10.8. The van der Waals surface area contributed by atoms with Gasteiger partial charge in [0.15, 0.2) is 11.0 Å². The third-order valence-corrected chi connectivity index (χ3v) is 6.13. The maximum Gasteiger partial charge on any atom is 0.258 e. The molecule has 2 N–H and O–H groups in total. The van der Waals surface area contributed by atoms with Gasteiger partial charge in [-0.05, 0) is 43.3 Å². The zero-order valence-electron chi connectivity index (χ0n) is 17.8. The minimum atomic E-state index is -0.212. The van der Waals surface area contributed by atoms with E-state index in [-0.39, 0.29) is 23.3 Å². The van der Waals surface area contributed by atoms with E-state index in [0.717, 1.165) is 0 Å². The zero-order valence-corrected chi connectivity index (χ0v) is 18.6. The summed E-state index contributed by atoms with van der Waals surface area (Å²) in [5.74, 6) is 1.65. The van der Waals surface area contributed by atoms with E-state index in [9.17, 15) is 9.59 Å². The smallest absolute Gasteiger partial charge is 0.258 e. The van der Waals surface area contributed by atoms with Gasteiger partial charge in [-0.3, -0.25) is 9.59 Å². The first-order valence-electron chi connectivity index (χ1n) is 9.92. The summed E-state index contributed by atoms with van der Waals surface area (Å²) < 4.78 is 6.92. The van der Waals surface area contributed by atoms with Gasteiger partial charge in [-0.1, -0.05) is 23.9 Å². The molecule has 0 aliphatic heterocycles. The number of ether oxygens (including phenoxy) is 1. The molecule has 0 aliphatic rings. The van der Waals surface area contributed by atoms with Crippen molar-refractivity contribution in [3.05, 3.63) is 76.1 Å². The molecule has 0 saturated heterocycles. The monoisotopic (exact) mass is 450 g/mol. The summed E-state index contributed by atoms with van der Waals surface area (Å²) in [5, 5.41) is 12.3. The average molecular weight is 451 g/mol. The Bertz CT molecular complexity index is 1320. The van der Waals surface area contributed by atoms with Gasteiger partial charge in [0.05, 0.1) is 29.8 Å². The van der Waals surface area contributed by atoms with Crippen LogP contribution in [0.1, 0.15) is 34.2 Å². The van der Waals surface area contributed by atoms with E-state index < -0.39 is 0 Å². The Kier molecular flexibility index (Phi) is 6.22. The zero-order chi connectivity index (χ0) is 22.7. The first kappa shape index (κ1) is 21.6. The molecule has 0 radical (unpaired) electrons. The summed E-state index contributed by atoms with van der Waals surface area (Å²) in [6.45, 7) is 2.17. The van der Waals surface area contributed by atoms with E-state index in [4.69, 9.17) is 4.74 Å². The van der Waals surface area contributed by atoms with E-state index >= 15 is 0 Å². The predicted molar refractivity (Wildman–Crippen MR) is 122 cm³/mol. The van der Waals surface area contributed by atoms with Gasteiger partial charge >= 0.3 is 0 Å². The molecule has 2 aromatic carbocycles. The lowest BCUT2D eigenvalue weighted by Crippen LogP contribution is -2.24. The highest BCUT2D eigenvalue weighted by molar-refractivity contribution is 7.99. The van der Waals surface area contributed by atoms with Crippen LogP contribution in [-0.2, 0) is 13.6 Å². The fraction of sp³-hybridized carbons (Fsp3) is 0.227. The molecule has 164 valence electrons. The van der Waals surface area contributed by atoms with Crippen LogP contribution in [0.25, 0.3) is 10.9 Å². The van der Waals surface area contributed by atoms with Crippen LogP contribution in [0.4, 0.5) is 0 Å². The van der Waals surface area contributed by atoms with Gasteiger partial charge in [-0.2, -0.15) is 0 Å². The fourth-order valence-electron chi connectivity index (χ4n) is 3.12. The molecule has 10 heteroatoms. The highest BCUT2D eigenvalue weighted by Gasteiger charge is 2.17. The molecule has 4 aromatic rings. The van der Waals surface area contributed by atoms with Crippen molar-refractivity contribution in [2.24, 2.45) is 7.05 Å². The number of aromatic nitrogens is 5. The number of hydrogen-bond acceptors (Lipinski definition) is 7. The Labute approximate surface area is 188 Å². The number of nitrogens with one attached hydrogen (secondary N) is 2. The molecule has 1 amide bonds. The number of amides is 1. The molecule has 4 rings (SSSR count). The van der Waals surface area contributed by atoms with Crippen LogP contribution < -0.4 is 15.6 Å². The van der Waals surface area contributed by atoms with Crippen molar-refractivity contribution in [1.82, 2.24) is 30.0 Å². The predicted octanol–water partition coefficient (Wildman–Crippen LogP) is 2.84. The molecule has 0 spiro atoms. The SMILES string of the molecule is COc1ccc(C(=O)NCc2nnc(S[C@@H](C)c3nc4ccccc4c(=O)[nH]3)n2C)cc1.